The Morgan fingerprint density at radius 1 is 1.32 bits per heavy atom. The quantitative estimate of drug-likeness (QED) is 0.485. The zero-order valence-corrected chi connectivity index (χ0v) is 17.3. The summed E-state index contributed by atoms with van der Waals surface area (Å²) in [7, 11) is -3.96. The predicted octanol–water partition coefficient (Wildman–Crippen LogP) is 3.48. The number of amides is 1. The molecule has 1 saturated carbocycles. The Bertz CT molecular complexity index is 1140. The minimum Gasteiger partial charge on any atom is -0.290 e. The highest BCUT2D eigenvalue weighted by molar-refractivity contribution is 7.93. The van der Waals surface area contributed by atoms with E-state index in [0.29, 0.717) is 12.8 Å². The summed E-state index contributed by atoms with van der Waals surface area (Å²) in [4.78, 5) is 18.0. The Hall–Kier alpha value is -1.97. The molecule has 0 bridgehead atoms. The average molecular weight is 422 g/mol. The number of benzene rings is 1. The van der Waals surface area contributed by atoms with Crippen molar-refractivity contribution < 1.29 is 18.4 Å². The monoisotopic (exact) mass is 421 g/mol. The zero-order chi connectivity index (χ0) is 19.9. The van der Waals surface area contributed by atoms with Crippen molar-refractivity contribution in [2.24, 2.45) is 0 Å². The van der Waals surface area contributed by atoms with Gasteiger partial charge in [-0.2, -0.15) is 0 Å². The fourth-order valence-corrected chi connectivity index (χ4v) is 7.37. The molecule has 0 unspecified atom stereocenters. The van der Waals surface area contributed by atoms with Crippen LogP contribution >= 0.6 is 11.3 Å². The molecule has 4 rings (SSSR count). The first-order valence-corrected chi connectivity index (χ1v) is 11.8. The molecule has 150 valence electrons. The van der Waals surface area contributed by atoms with Gasteiger partial charge in [0, 0.05) is 6.20 Å². The Kier molecular flexibility index (Phi) is 4.93. The standard InChI is InChI=1S/C19H23N3O4S2/c1-2-6-13-12-22-15-8-7-14(11-16(15)27-18(22)20-13)28(25,26)19(17(23)21-24)9-4-3-5-10-19/h7-8,11-12,24H,2-6,9-10H2,1H3,(H,21,23). The summed E-state index contributed by atoms with van der Waals surface area (Å²) >= 11 is 1.44. The smallest absolute Gasteiger partial charge is 0.265 e. The fraction of sp³-hybridized carbons (Fsp3) is 0.474. The number of imidazole rings is 1. The molecule has 1 amide bonds. The van der Waals surface area contributed by atoms with Crippen molar-refractivity contribution in [1.29, 1.82) is 0 Å². The largest absolute Gasteiger partial charge is 0.290 e. The van der Waals surface area contributed by atoms with Crippen LogP contribution in [0.5, 0.6) is 0 Å². The second-order valence-corrected chi connectivity index (χ2v) is 10.6. The number of hydrogen-bond acceptors (Lipinski definition) is 6. The number of aromatic nitrogens is 2. The van der Waals surface area contributed by atoms with Crippen LogP contribution in [0.3, 0.4) is 0 Å². The van der Waals surface area contributed by atoms with Crippen molar-refractivity contribution in [3.63, 3.8) is 0 Å². The molecule has 0 radical (unpaired) electrons. The van der Waals surface area contributed by atoms with Gasteiger partial charge in [-0.05, 0) is 37.5 Å². The fourth-order valence-electron chi connectivity index (χ4n) is 4.14. The van der Waals surface area contributed by atoms with Crippen LogP contribution in [0.4, 0.5) is 0 Å². The molecule has 1 aromatic carbocycles. The molecule has 1 aliphatic carbocycles. The lowest BCUT2D eigenvalue weighted by atomic mass is 9.88. The van der Waals surface area contributed by atoms with Gasteiger partial charge < -0.3 is 0 Å². The predicted molar refractivity (Wildman–Crippen MR) is 108 cm³/mol. The molecule has 1 aliphatic rings. The van der Waals surface area contributed by atoms with Crippen molar-refractivity contribution in [2.45, 2.75) is 61.5 Å². The maximum atomic E-state index is 13.5. The number of nitrogens with one attached hydrogen (secondary N) is 1. The molecular formula is C19H23N3O4S2. The maximum Gasteiger partial charge on any atom is 0.265 e. The third-order valence-electron chi connectivity index (χ3n) is 5.62. The Labute approximate surface area is 167 Å². The molecule has 28 heavy (non-hydrogen) atoms. The summed E-state index contributed by atoms with van der Waals surface area (Å²) in [5, 5.41) is 9.20. The molecular weight excluding hydrogens is 398 g/mol. The van der Waals surface area contributed by atoms with E-state index < -0.39 is 20.5 Å². The summed E-state index contributed by atoms with van der Waals surface area (Å²) in [6, 6.07) is 4.96. The first-order chi connectivity index (χ1) is 13.4. The number of hydrogen-bond donors (Lipinski definition) is 2. The van der Waals surface area contributed by atoms with Crippen LogP contribution in [-0.2, 0) is 21.1 Å². The maximum absolute atomic E-state index is 13.5. The van der Waals surface area contributed by atoms with E-state index in [-0.39, 0.29) is 17.7 Å². The lowest BCUT2D eigenvalue weighted by Crippen LogP contribution is -2.52. The normalized spacial score (nSPS) is 17.2. The van der Waals surface area contributed by atoms with Crippen LogP contribution in [0.2, 0.25) is 0 Å². The minimum atomic E-state index is -3.96. The van der Waals surface area contributed by atoms with Gasteiger partial charge in [0.15, 0.2) is 19.5 Å². The van der Waals surface area contributed by atoms with E-state index in [1.165, 1.54) is 11.3 Å². The number of rotatable bonds is 5. The topological polar surface area (TPSA) is 101 Å². The molecule has 3 aromatic rings. The van der Waals surface area contributed by atoms with E-state index >= 15 is 0 Å². The van der Waals surface area contributed by atoms with Gasteiger partial charge in [0.1, 0.15) is 0 Å². The van der Waals surface area contributed by atoms with E-state index in [2.05, 4.69) is 11.9 Å². The minimum absolute atomic E-state index is 0.115. The van der Waals surface area contributed by atoms with Crippen molar-refractivity contribution in [2.75, 3.05) is 0 Å². The molecule has 0 atom stereocenters. The van der Waals surface area contributed by atoms with Crippen LogP contribution in [-0.4, -0.2) is 33.7 Å². The Morgan fingerprint density at radius 3 is 2.75 bits per heavy atom. The van der Waals surface area contributed by atoms with Gasteiger partial charge in [-0.1, -0.05) is 43.9 Å². The van der Waals surface area contributed by atoms with Gasteiger partial charge in [0.2, 0.25) is 0 Å². The molecule has 9 heteroatoms. The molecule has 2 heterocycles. The van der Waals surface area contributed by atoms with Crippen LogP contribution in [0.1, 0.15) is 51.1 Å². The summed E-state index contributed by atoms with van der Waals surface area (Å²) in [5.74, 6) is -0.836. The van der Waals surface area contributed by atoms with Crippen molar-refractivity contribution >= 4 is 42.3 Å². The molecule has 0 spiro atoms. The number of aryl methyl sites for hydroxylation is 1. The zero-order valence-electron chi connectivity index (χ0n) is 15.6. The average Bonchev–Trinajstić information content (AvgIpc) is 3.24. The molecule has 7 nitrogen and oxygen atoms in total. The van der Waals surface area contributed by atoms with Crippen LogP contribution in [0, 0.1) is 0 Å². The lowest BCUT2D eigenvalue weighted by molar-refractivity contribution is -0.132. The highest BCUT2D eigenvalue weighted by atomic mass is 32.2. The van der Waals surface area contributed by atoms with Crippen LogP contribution in [0.15, 0.2) is 29.3 Å². The first-order valence-electron chi connectivity index (χ1n) is 9.52. The lowest BCUT2D eigenvalue weighted by Gasteiger charge is -2.34. The van der Waals surface area contributed by atoms with Gasteiger partial charge in [-0.15, -0.1) is 0 Å². The third kappa shape index (κ3) is 2.84. The van der Waals surface area contributed by atoms with Crippen molar-refractivity contribution in [1.82, 2.24) is 14.9 Å². The number of carbonyl (C=O) groups excluding carboxylic acids is 1. The van der Waals surface area contributed by atoms with Gasteiger partial charge in [0.25, 0.3) is 5.91 Å². The number of thiazole rings is 1. The van der Waals surface area contributed by atoms with Gasteiger partial charge in [0.05, 0.1) is 20.8 Å². The third-order valence-corrected chi connectivity index (χ3v) is 9.14. The molecule has 1 fully saturated rings. The number of sulfone groups is 1. The summed E-state index contributed by atoms with van der Waals surface area (Å²) in [6.45, 7) is 2.10. The number of hydroxylamine groups is 1. The number of carbonyl (C=O) groups is 1. The van der Waals surface area contributed by atoms with E-state index in [9.17, 15) is 18.4 Å². The molecule has 0 saturated heterocycles. The molecule has 2 aromatic heterocycles. The van der Waals surface area contributed by atoms with Gasteiger partial charge in [-0.3, -0.25) is 14.4 Å². The van der Waals surface area contributed by atoms with Crippen molar-refractivity contribution in [3.05, 3.63) is 30.1 Å². The van der Waals surface area contributed by atoms with Crippen LogP contribution < -0.4 is 5.48 Å². The number of fused-ring (bicyclic) bond motifs is 3. The van der Waals surface area contributed by atoms with Gasteiger partial charge in [-0.25, -0.2) is 18.9 Å². The first kappa shape index (κ1) is 19.4. The van der Waals surface area contributed by atoms with Crippen LogP contribution in [0.25, 0.3) is 15.2 Å². The highest BCUT2D eigenvalue weighted by Crippen LogP contribution is 2.40. The van der Waals surface area contributed by atoms with E-state index in [0.717, 1.165) is 40.1 Å². The number of nitrogens with zero attached hydrogens (tertiary/aromatic N) is 2. The van der Waals surface area contributed by atoms with Crippen molar-refractivity contribution in [3.8, 4) is 0 Å². The second kappa shape index (κ2) is 7.13. The van der Waals surface area contributed by atoms with E-state index in [4.69, 9.17) is 0 Å². The summed E-state index contributed by atoms with van der Waals surface area (Å²) < 4.78 is 28.1. The summed E-state index contributed by atoms with van der Waals surface area (Å²) in [5.41, 5.74) is 3.52. The Morgan fingerprint density at radius 2 is 2.07 bits per heavy atom. The van der Waals surface area contributed by atoms with E-state index in [1.807, 2.05) is 10.6 Å². The highest BCUT2D eigenvalue weighted by Gasteiger charge is 2.51. The molecule has 0 aliphatic heterocycles. The second-order valence-electron chi connectivity index (χ2n) is 7.37. The molecule has 2 N–H and O–H groups in total. The van der Waals surface area contributed by atoms with Gasteiger partial charge >= 0.3 is 0 Å². The Balaban J connectivity index is 1.81. The SMILES string of the molecule is CCCc1cn2c(n1)sc1cc(S(=O)(=O)C3(C(=O)NO)CCCCC3)ccc12. The summed E-state index contributed by atoms with van der Waals surface area (Å²) in [6.07, 6.45) is 6.51. The van der Waals surface area contributed by atoms with E-state index in [1.54, 1.807) is 23.7 Å².